The molecule has 7 nitrogen and oxygen atoms in total. The molecule has 2 aromatic carbocycles. The molecule has 8 heteroatoms. The van der Waals surface area contributed by atoms with Crippen molar-refractivity contribution in [2.24, 2.45) is 5.92 Å². The second kappa shape index (κ2) is 9.80. The summed E-state index contributed by atoms with van der Waals surface area (Å²) in [5.41, 5.74) is 0.504. The van der Waals surface area contributed by atoms with Crippen molar-refractivity contribution in [3.63, 3.8) is 0 Å². The molecule has 0 aromatic heterocycles. The maximum Gasteiger partial charge on any atom is 0.354 e. The van der Waals surface area contributed by atoms with E-state index in [0.717, 1.165) is 0 Å². The highest BCUT2D eigenvalue weighted by Gasteiger charge is 2.17. The monoisotopic (exact) mass is 446 g/mol. The molecule has 0 radical (unpaired) electrons. The van der Waals surface area contributed by atoms with Crippen LogP contribution in [-0.2, 0) is 9.53 Å². The smallest absolute Gasteiger partial charge is 0.354 e. The molecular formula is C20H19BrN2O5. The number of ether oxygens (including phenoxy) is 1. The van der Waals surface area contributed by atoms with Crippen LogP contribution in [0.2, 0.25) is 0 Å². The lowest BCUT2D eigenvalue weighted by Crippen LogP contribution is -2.29. The van der Waals surface area contributed by atoms with E-state index in [2.05, 4.69) is 21.2 Å². The first-order valence-electron chi connectivity index (χ1n) is 8.46. The van der Waals surface area contributed by atoms with E-state index in [1.807, 2.05) is 13.8 Å². The second-order valence-corrected chi connectivity index (χ2v) is 7.28. The predicted molar refractivity (Wildman–Crippen MR) is 108 cm³/mol. The predicted octanol–water partition coefficient (Wildman–Crippen LogP) is 4.33. The molecule has 0 atom stereocenters. The molecule has 0 fully saturated rings. The molecule has 28 heavy (non-hydrogen) atoms. The van der Waals surface area contributed by atoms with Crippen molar-refractivity contribution < 1.29 is 19.2 Å². The van der Waals surface area contributed by atoms with Crippen LogP contribution in [0.5, 0.6) is 0 Å². The van der Waals surface area contributed by atoms with Crippen LogP contribution in [0.3, 0.4) is 0 Å². The minimum absolute atomic E-state index is 0.105. The molecule has 1 N–H and O–H groups in total. The second-order valence-electron chi connectivity index (χ2n) is 6.37. The van der Waals surface area contributed by atoms with E-state index in [-0.39, 0.29) is 23.9 Å². The van der Waals surface area contributed by atoms with Gasteiger partial charge in [-0.1, -0.05) is 48.0 Å². The van der Waals surface area contributed by atoms with Crippen LogP contribution in [0.1, 0.15) is 29.8 Å². The van der Waals surface area contributed by atoms with Gasteiger partial charge in [-0.25, -0.2) is 4.79 Å². The number of non-ortho nitro benzene ring substituents is 1. The maximum atomic E-state index is 12.5. The molecular weight excluding hydrogens is 428 g/mol. The Hall–Kier alpha value is -3.00. The van der Waals surface area contributed by atoms with Crippen molar-refractivity contribution in [2.75, 3.05) is 6.61 Å². The van der Waals surface area contributed by atoms with Crippen molar-refractivity contribution >= 4 is 39.6 Å². The van der Waals surface area contributed by atoms with Crippen LogP contribution < -0.4 is 5.32 Å². The number of hydrogen-bond donors (Lipinski definition) is 1. The molecule has 0 aliphatic rings. The molecule has 1 amide bonds. The summed E-state index contributed by atoms with van der Waals surface area (Å²) < 4.78 is 5.93. The number of nitrogens with zero attached hydrogens (tertiary/aromatic N) is 1. The molecule has 146 valence electrons. The van der Waals surface area contributed by atoms with Gasteiger partial charge in [-0.15, -0.1) is 0 Å². The number of nitro groups is 1. The van der Waals surface area contributed by atoms with Gasteiger partial charge in [0.05, 0.1) is 11.5 Å². The van der Waals surface area contributed by atoms with Crippen molar-refractivity contribution in [1.82, 2.24) is 5.32 Å². The van der Waals surface area contributed by atoms with Gasteiger partial charge in [-0.3, -0.25) is 14.9 Å². The first-order valence-corrected chi connectivity index (χ1v) is 9.25. The Bertz CT molecular complexity index is 924. The van der Waals surface area contributed by atoms with Gasteiger partial charge in [0, 0.05) is 22.2 Å². The van der Waals surface area contributed by atoms with Gasteiger partial charge in [0.2, 0.25) is 0 Å². The van der Waals surface area contributed by atoms with Crippen LogP contribution in [-0.4, -0.2) is 23.4 Å². The van der Waals surface area contributed by atoms with Gasteiger partial charge in [0.25, 0.3) is 11.6 Å². The quantitative estimate of drug-likeness (QED) is 0.295. The van der Waals surface area contributed by atoms with Crippen LogP contribution >= 0.6 is 15.9 Å². The number of esters is 1. The van der Waals surface area contributed by atoms with Crippen LogP contribution in [0.4, 0.5) is 5.69 Å². The first-order chi connectivity index (χ1) is 13.3. The number of carbonyl (C=O) groups is 2. The summed E-state index contributed by atoms with van der Waals surface area (Å²) in [4.78, 5) is 35.4. The van der Waals surface area contributed by atoms with Gasteiger partial charge >= 0.3 is 5.97 Å². The molecule has 0 heterocycles. The average Bonchev–Trinajstić information content (AvgIpc) is 2.65. The van der Waals surface area contributed by atoms with Crippen molar-refractivity contribution in [3.05, 3.63) is 79.9 Å². The molecule has 0 spiro atoms. The fourth-order valence-electron chi connectivity index (χ4n) is 2.19. The Balaban J connectivity index is 2.33. The maximum absolute atomic E-state index is 12.5. The zero-order valence-corrected chi connectivity index (χ0v) is 16.9. The first kappa shape index (κ1) is 21.3. The third-order valence-corrected chi connectivity index (χ3v) is 3.99. The molecule has 2 rings (SSSR count). The van der Waals surface area contributed by atoms with E-state index in [1.165, 1.54) is 24.3 Å². The Kier molecular flexibility index (Phi) is 7.45. The van der Waals surface area contributed by atoms with E-state index < -0.39 is 16.8 Å². The summed E-state index contributed by atoms with van der Waals surface area (Å²) in [5, 5.41) is 13.5. The minimum atomic E-state index is -0.719. The van der Waals surface area contributed by atoms with Crippen molar-refractivity contribution in [2.45, 2.75) is 13.8 Å². The Morgan fingerprint density at radius 1 is 1.21 bits per heavy atom. The highest BCUT2D eigenvalue weighted by molar-refractivity contribution is 9.10. The largest absolute Gasteiger partial charge is 0.461 e. The van der Waals surface area contributed by atoms with E-state index in [0.29, 0.717) is 15.6 Å². The summed E-state index contributed by atoms with van der Waals surface area (Å²) in [6.45, 7) is 3.95. The highest BCUT2D eigenvalue weighted by atomic mass is 79.9. The van der Waals surface area contributed by atoms with E-state index in [9.17, 15) is 19.7 Å². The normalized spacial score (nSPS) is 11.2. The van der Waals surface area contributed by atoms with Gasteiger partial charge in [0.1, 0.15) is 5.70 Å². The van der Waals surface area contributed by atoms with E-state index >= 15 is 0 Å². The van der Waals surface area contributed by atoms with Gasteiger partial charge in [-0.05, 0) is 35.8 Å². The number of carbonyl (C=O) groups excluding carboxylic acids is 2. The minimum Gasteiger partial charge on any atom is -0.461 e. The molecule has 2 aromatic rings. The third kappa shape index (κ3) is 6.31. The topological polar surface area (TPSA) is 98.5 Å². The third-order valence-electron chi connectivity index (χ3n) is 3.49. The van der Waals surface area contributed by atoms with E-state index in [1.54, 1.807) is 30.3 Å². The standard InChI is InChI=1S/C20H19BrN2O5/c1-13(2)12-28-20(25)18(10-14-5-3-8-17(9-14)23(26)27)22-19(24)15-6-4-7-16(21)11-15/h3-11,13H,12H2,1-2H3,(H,22,24)/b18-10+. The number of hydrogen-bond acceptors (Lipinski definition) is 5. The summed E-state index contributed by atoms with van der Waals surface area (Å²) in [7, 11) is 0. The number of rotatable bonds is 7. The fourth-order valence-corrected chi connectivity index (χ4v) is 2.58. The molecule has 0 aliphatic heterocycles. The Labute approximate surface area is 170 Å². The number of halogens is 1. The van der Waals surface area contributed by atoms with Crippen molar-refractivity contribution in [3.8, 4) is 0 Å². The molecule has 0 saturated carbocycles. The van der Waals surface area contributed by atoms with Crippen molar-refractivity contribution in [1.29, 1.82) is 0 Å². The SMILES string of the molecule is CC(C)COC(=O)/C(=C\c1cccc([N+](=O)[O-])c1)NC(=O)c1cccc(Br)c1. The Morgan fingerprint density at radius 2 is 1.93 bits per heavy atom. The van der Waals surface area contributed by atoms with E-state index in [4.69, 9.17) is 4.74 Å². The molecule has 0 unspecified atom stereocenters. The van der Waals surface area contributed by atoms with Gasteiger partial charge in [0.15, 0.2) is 0 Å². The summed E-state index contributed by atoms with van der Waals surface area (Å²) in [6, 6.07) is 12.4. The summed E-state index contributed by atoms with van der Waals surface area (Å²) in [6.07, 6.45) is 1.35. The lowest BCUT2D eigenvalue weighted by molar-refractivity contribution is -0.384. The number of nitrogens with one attached hydrogen (secondary N) is 1. The number of amides is 1. The van der Waals surface area contributed by atoms with Crippen LogP contribution in [0.15, 0.2) is 58.7 Å². The Morgan fingerprint density at radius 3 is 2.57 bits per heavy atom. The van der Waals surface area contributed by atoms with Crippen LogP contribution in [0.25, 0.3) is 6.08 Å². The van der Waals surface area contributed by atoms with Gasteiger partial charge < -0.3 is 10.1 Å². The number of benzene rings is 2. The van der Waals surface area contributed by atoms with Gasteiger partial charge in [-0.2, -0.15) is 0 Å². The highest BCUT2D eigenvalue weighted by Crippen LogP contribution is 2.17. The molecule has 0 bridgehead atoms. The lowest BCUT2D eigenvalue weighted by Gasteiger charge is -2.12. The molecule has 0 saturated heterocycles. The molecule has 0 aliphatic carbocycles. The lowest BCUT2D eigenvalue weighted by atomic mass is 10.1. The van der Waals surface area contributed by atoms with Crippen LogP contribution in [0, 0.1) is 16.0 Å². The number of nitro benzene ring substituents is 1. The summed E-state index contributed by atoms with van der Waals surface area (Å²) in [5.74, 6) is -1.10. The zero-order chi connectivity index (χ0) is 20.7. The fraction of sp³-hybridized carbons (Fsp3) is 0.200. The zero-order valence-electron chi connectivity index (χ0n) is 15.3. The average molecular weight is 447 g/mol. The summed E-state index contributed by atoms with van der Waals surface area (Å²) >= 11 is 3.29.